The maximum atomic E-state index is 13.2. The van der Waals surface area contributed by atoms with Gasteiger partial charge in [-0.2, -0.15) is 0 Å². The average molecular weight is 376 g/mol. The lowest BCUT2D eigenvalue weighted by atomic mass is 10.3. The number of nitrogen functional groups attached to an aromatic ring is 2. The molecular formula is C16H14ClN5O2S. The molecule has 128 valence electrons. The molecule has 0 aliphatic rings. The van der Waals surface area contributed by atoms with Gasteiger partial charge >= 0.3 is 0 Å². The van der Waals surface area contributed by atoms with Gasteiger partial charge in [0.2, 0.25) is 0 Å². The highest BCUT2D eigenvalue weighted by Gasteiger charge is 2.29. The van der Waals surface area contributed by atoms with Gasteiger partial charge in [-0.05, 0) is 48.5 Å². The molecule has 3 rings (SSSR count). The second-order valence-electron chi connectivity index (χ2n) is 5.10. The van der Waals surface area contributed by atoms with Crippen LogP contribution >= 0.6 is 11.6 Å². The molecule has 0 aliphatic carbocycles. The number of nitrogens with zero attached hydrogens (tertiary/aromatic N) is 3. The first kappa shape index (κ1) is 17.0. The van der Waals surface area contributed by atoms with Gasteiger partial charge < -0.3 is 11.5 Å². The Kier molecular flexibility index (Phi) is 4.47. The van der Waals surface area contributed by atoms with Crippen LogP contribution < -0.4 is 15.8 Å². The van der Waals surface area contributed by atoms with Crippen molar-refractivity contribution >= 4 is 44.5 Å². The first-order chi connectivity index (χ1) is 11.9. The molecule has 1 heterocycles. The van der Waals surface area contributed by atoms with Crippen LogP contribution in [0.15, 0.2) is 65.8 Å². The molecule has 25 heavy (non-hydrogen) atoms. The summed E-state index contributed by atoms with van der Waals surface area (Å²) in [5.74, 6) is -0.00855. The molecule has 2 aromatic carbocycles. The fourth-order valence-corrected chi connectivity index (χ4v) is 3.87. The van der Waals surface area contributed by atoms with Crippen molar-refractivity contribution in [3.63, 3.8) is 0 Å². The number of rotatable bonds is 4. The minimum atomic E-state index is -4.01. The van der Waals surface area contributed by atoms with Gasteiger partial charge in [-0.3, -0.25) is 0 Å². The zero-order valence-corrected chi connectivity index (χ0v) is 14.4. The van der Waals surface area contributed by atoms with Crippen molar-refractivity contribution in [1.82, 2.24) is 9.97 Å². The normalized spacial score (nSPS) is 11.2. The maximum Gasteiger partial charge on any atom is 0.269 e. The molecule has 0 radical (unpaired) electrons. The van der Waals surface area contributed by atoms with Gasteiger partial charge in [-0.15, -0.1) is 0 Å². The lowest BCUT2D eigenvalue weighted by Crippen LogP contribution is -2.27. The van der Waals surface area contributed by atoms with Crippen molar-refractivity contribution in [3.8, 4) is 0 Å². The highest BCUT2D eigenvalue weighted by molar-refractivity contribution is 7.93. The van der Waals surface area contributed by atoms with Crippen LogP contribution in [0.4, 0.5) is 22.9 Å². The minimum Gasteiger partial charge on any atom is -0.399 e. The van der Waals surface area contributed by atoms with Gasteiger partial charge in [0, 0.05) is 23.8 Å². The van der Waals surface area contributed by atoms with E-state index >= 15 is 0 Å². The van der Waals surface area contributed by atoms with E-state index in [-0.39, 0.29) is 15.9 Å². The van der Waals surface area contributed by atoms with E-state index in [1.165, 1.54) is 36.7 Å². The number of benzene rings is 2. The van der Waals surface area contributed by atoms with Crippen LogP contribution in [0.25, 0.3) is 0 Å². The first-order valence-electron chi connectivity index (χ1n) is 7.12. The Labute approximate surface area is 149 Å². The molecule has 0 fully saturated rings. The summed E-state index contributed by atoms with van der Waals surface area (Å²) in [7, 11) is -4.01. The number of halogens is 1. The number of hydrogen-bond donors (Lipinski definition) is 2. The Bertz CT molecular complexity index is 992. The minimum absolute atomic E-state index is 0.00855. The van der Waals surface area contributed by atoms with E-state index in [2.05, 4.69) is 9.97 Å². The molecule has 3 aromatic rings. The summed E-state index contributed by atoms with van der Waals surface area (Å²) in [4.78, 5) is 8.04. The fourth-order valence-electron chi connectivity index (χ4n) is 2.18. The van der Waals surface area contributed by atoms with Crippen LogP contribution in [0.2, 0.25) is 5.15 Å². The van der Waals surface area contributed by atoms with Crippen molar-refractivity contribution in [2.45, 2.75) is 4.90 Å². The highest BCUT2D eigenvalue weighted by Crippen LogP contribution is 2.34. The Balaban J connectivity index is 2.22. The van der Waals surface area contributed by atoms with Crippen LogP contribution in [0, 0.1) is 0 Å². The number of anilines is 4. The Morgan fingerprint density at radius 1 is 0.840 bits per heavy atom. The Morgan fingerprint density at radius 2 is 1.36 bits per heavy atom. The summed E-state index contributed by atoms with van der Waals surface area (Å²) in [5, 5.41) is -0.0432. The Morgan fingerprint density at radius 3 is 1.92 bits per heavy atom. The van der Waals surface area contributed by atoms with Gasteiger partial charge in [-0.25, -0.2) is 22.7 Å². The third-order valence-electron chi connectivity index (χ3n) is 3.37. The van der Waals surface area contributed by atoms with Crippen molar-refractivity contribution in [1.29, 1.82) is 0 Å². The SMILES string of the molecule is Nc1ccc(N(c2nccnc2Cl)S(=O)(=O)c2ccc(N)cc2)cc1. The summed E-state index contributed by atoms with van der Waals surface area (Å²) < 4.78 is 27.4. The second-order valence-corrected chi connectivity index (χ2v) is 7.25. The fraction of sp³-hybridized carbons (Fsp3) is 0. The van der Waals surface area contributed by atoms with Crippen LogP contribution in [-0.2, 0) is 10.0 Å². The number of sulfonamides is 1. The van der Waals surface area contributed by atoms with Crippen LogP contribution in [0.5, 0.6) is 0 Å². The molecule has 0 bridgehead atoms. The molecule has 0 amide bonds. The lowest BCUT2D eigenvalue weighted by molar-refractivity contribution is 0.596. The smallest absolute Gasteiger partial charge is 0.269 e. The number of nitrogens with two attached hydrogens (primary N) is 2. The molecule has 0 saturated carbocycles. The third-order valence-corrected chi connectivity index (χ3v) is 5.37. The number of hydrogen-bond acceptors (Lipinski definition) is 6. The zero-order valence-electron chi connectivity index (χ0n) is 12.9. The zero-order chi connectivity index (χ0) is 18.0. The van der Waals surface area contributed by atoms with E-state index in [1.54, 1.807) is 24.3 Å². The molecular weight excluding hydrogens is 362 g/mol. The predicted octanol–water partition coefficient (Wildman–Crippen LogP) is 2.82. The summed E-state index contributed by atoms with van der Waals surface area (Å²) >= 11 is 6.09. The van der Waals surface area contributed by atoms with Gasteiger partial charge in [-0.1, -0.05) is 11.6 Å². The van der Waals surface area contributed by atoms with Gasteiger partial charge in [0.05, 0.1) is 10.6 Å². The number of aromatic nitrogens is 2. The van der Waals surface area contributed by atoms with Crippen molar-refractivity contribution in [2.24, 2.45) is 0 Å². The van der Waals surface area contributed by atoms with E-state index < -0.39 is 10.0 Å². The van der Waals surface area contributed by atoms with Crippen LogP contribution in [0.3, 0.4) is 0 Å². The van der Waals surface area contributed by atoms with Crippen molar-refractivity contribution in [2.75, 3.05) is 15.8 Å². The van der Waals surface area contributed by atoms with E-state index in [9.17, 15) is 8.42 Å². The van der Waals surface area contributed by atoms with Crippen molar-refractivity contribution < 1.29 is 8.42 Å². The Hall–Kier alpha value is -2.84. The topological polar surface area (TPSA) is 115 Å². The lowest BCUT2D eigenvalue weighted by Gasteiger charge is -2.24. The average Bonchev–Trinajstić information content (AvgIpc) is 2.59. The summed E-state index contributed by atoms with van der Waals surface area (Å²) in [6.07, 6.45) is 2.74. The second kappa shape index (κ2) is 6.58. The van der Waals surface area contributed by atoms with Gasteiger partial charge in [0.25, 0.3) is 10.0 Å². The van der Waals surface area contributed by atoms with E-state index in [4.69, 9.17) is 23.1 Å². The molecule has 0 spiro atoms. The molecule has 1 aromatic heterocycles. The standard InChI is InChI=1S/C16H14ClN5O2S/c17-15-16(21-10-9-20-15)22(13-5-1-11(18)2-6-13)25(23,24)14-7-3-12(19)4-8-14/h1-10H,18-19H2. The summed E-state index contributed by atoms with van der Waals surface area (Å²) in [6.45, 7) is 0. The quantitative estimate of drug-likeness (QED) is 0.677. The molecule has 0 unspecified atom stereocenters. The maximum absolute atomic E-state index is 13.2. The molecule has 9 heteroatoms. The van der Waals surface area contributed by atoms with Crippen molar-refractivity contribution in [3.05, 3.63) is 66.1 Å². The van der Waals surface area contributed by atoms with E-state index in [0.717, 1.165) is 4.31 Å². The van der Waals surface area contributed by atoms with E-state index in [0.29, 0.717) is 17.1 Å². The predicted molar refractivity (Wildman–Crippen MR) is 98.1 cm³/mol. The van der Waals surface area contributed by atoms with Crippen LogP contribution in [-0.4, -0.2) is 18.4 Å². The van der Waals surface area contributed by atoms with Gasteiger partial charge in [0.1, 0.15) is 0 Å². The molecule has 0 aliphatic heterocycles. The monoisotopic (exact) mass is 375 g/mol. The first-order valence-corrected chi connectivity index (χ1v) is 8.94. The third kappa shape index (κ3) is 3.35. The molecule has 7 nitrogen and oxygen atoms in total. The summed E-state index contributed by atoms with van der Waals surface area (Å²) in [6, 6.07) is 12.2. The molecule has 0 atom stereocenters. The van der Waals surface area contributed by atoms with Crippen LogP contribution in [0.1, 0.15) is 0 Å². The largest absolute Gasteiger partial charge is 0.399 e. The summed E-state index contributed by atoms with van der Waals surface area (Å²) in [5.41, 5.74) is 12.6. The molecule has 4 N–H and O–H groups in total. The highest BCUT2D eigenvalue weighted by atomic mass is 35.5. The van der Waals surface area contributed by atoms with E-state index in [1.807, 2.05) is 0 Å². The van der Waals surface area contributed by atoms with Gasteiger partial charge in [0.15, 0.2) is 11.0 Å². The molecule has 0 saturated heterocycles.